The minimum atomic E-state index is -1.01. The second-order valence-corrected chi connectivity index (χ2v) is 7.30. The smallest absolute Gasteiger partial charge is 0.308 e. The molecule has 1 aromatic carbocycles. The maximum atomic E-state index is 12.4. The highest BCUT2D eigenvalue weighted by Gasteiger charge is 2.47. The van der Waals surface area contributed by atoms with Gasteiger partial charge in [-0.25, -0.2) is 0 Å². The molecule has 0 radical (unpaired) electrons. The van der Waals surface area contributed by atoms with Gasteiger partial charge in [0.15, 0.2) is 6.10 Å². The molecule has 1 aliphatic carbocycles. The Hall–Kier alpha value is -2.67. The largest absolute Gasteiger partial charge is 0.452 e. The third kappa shape index (κ3) is 4.42. The fraction of sp³-hybridized carbons (Fsp3) is 0.400. The molecule has 0 saturated carbocycles. The molecule has 7 nitrogen and oxygen atoms in total. The Bertz CT molecular complexity index is 794. The van der Waals surface area contributed by atoms with Crippen molar-refractivity contribution in [2.75, 3.05) is 11.9 Å². The van der Waals surface area contributed by atoms with Crippen molar-refractivity contribution in [3.8, 4) is 0 Å². The first-order valence-corrected chi connectivity index (χ1v) is 9.50. The van der Waals surface area contributed by atoms with E-state index in [-0.39, 0.29) is 36.6 Å². The molecule has 1 heterocycles. The minimum Gasteiger partial charge on any atom is -0.452 e. The molecule has 3 rings (SSSR count). The number of rotatable bonds is 6. The summed E-state index contributed by atoms with van der Waals surface area (Å²) in [5, 5.41) is 3.16. The predicted octanol–water partition coefficient (Wildman–Crippen LogP) is 2.55. The van der Waals surface area contributed by atoms with E-state index < -0.39 is 18.0 Å². The lowest BCUT2D eigenvalue weighted by molar-refractivity contribution is -0.154. The third-order valence-corrected chi connectivity index (χ3v) is 5.18. The summed E-state index contributed by atoms with van der Waals surface area (Å²) in [5.41, 5.74) is 0.529. The van der Waals surface area contributed by atoms with Crippen molar-refractivity contribution in [1.82, 2.24) is 4.90 Å². The number of fused-ring (bicyclic) bond motifs is 1. The summed E-state index contributed by atoms with van der Waals surface area (Å²) < 4.78 is 5.12. The Balaban J connectivity index is 1.47. The van der Waals surface area contributed by atoms with Gasteiger partial charge in [0.2, 0.25) is 11.8 Å². The van der Waals surface area contributed by atoms with Gasteiger partial charge in [0, 0.05) is 17.3 Å². The van der Waals surface area contributed by atoms with Gasteiger partial charge in [-0.05, 0) is 44.0 Å². The van der Waals surface area contributed by atoms with Crippen LogP contribution in [0.25, 0.3) is 0 Å². The molecule has 3 atom stereocenters. The fourth-order valence-electron chi connectivity index (χ4n) is 3.38. The number of allylic oxidation sites excluding steroid dienone is 2. The SMILES string of the molecule is C[C@@H](OC(=O)CCN1C(=O)[C@H]2CC=CC[C@H]2C1=O)C(=O)Nc1ccc(Cl)cc1. The van der Waals surface area contributed by atoms with Crippen molar-refractivity contribution in [2.24, 2.45) is 11.8 Å². The summed E-state index contributed by atoms with van der Waals surface area (Å²) in [6.45, 7) is 1.42. The van der Waals surface area contributed by atoms with Crippen molar-refractivity contribution in [3.63, 3.8) is 0 Å². The van der Waals surface area contributed by atoms with E-state index in [1.54, 1.807) is 24.3 Å². The van der Waals surface area contributed by atoms with Crippen LogP contribution in [0, 0.1) is 11.8 Å². The topological polar surface area (TPSA) is 92.8 Å². The Labute approximate surface area is 167 Å². The van der Waals surface area contributed by atoms with Crippen LogP contribution in [-0.4, -0.2) is 41.2 Å². The van der Waals surface area contributed by atoms with Crippen molar-refractivity contribution in [2.45, 2.75) is 32.3 Å². The van der Waals surface area contributed by atoms with E-state index >= 15 is 0 Å². The number of ether oxygens (including phenoxy) is 1. The Morgan fingerprint density at radius 1 is 1.14 bits per heavy atom. The molecule has 0 bridgehead atoms. The zero-order valence-electron chi connectivity index (χ0n) is 15.4. The van der Waals surface area contributed by atoms with Crippen LogP contribution in [0.3, 0.4) is 0 Å². The number of halogens is 1. The van der Waals surface area contributed by atoms with Gasteiger partial charge < -0.3 is 10.1 Å². The fourth-order valence-corrected chi connectivity index (χ4v) is 3.51. The molecule has 3 amide bonds. The van der Waals surface area contributed by atoms with Crippen LogP contribution in [0.5, 0.6) is 0 Å². The van der Waals surface area contributed by atoms with Gasteiger partial charge in [-0.1, -0.05) is 23.8 Å². The molecule has 0 aromatic heterocycles. The minimum absolute atomic E-state index is 0.0327. The van der Waals surface area contributed by atoms with Gasteiger partial charge in [-0.2, -0.15) is 0 Å². The maximum Gasteiger partial charge on any atom is 0.308 e. The van der Waals surface area contributed by atoms with E-state index in [0.717, 1.165) is 4.90 Å². The first-order valence-electron chi connectivity index (χ1n) is 9.13. The molecule has 28 heavy (non-hydrogen) atoms. The molecule has 148 valence electrons. The molecule has 1 N–H and O–H groups in total. The van der Waals surface area contributed by atoms with Crippen molar-refractivity contribution < 1.29 is 23.9 Å². The van der Waals surface area contributed by atoms with Crippen LogP contribution in [0.2, 0.25) is 5.02 Å². The Morgan fingerprint density at radius 2 is 1.71 bits per heavy atom. The maximum absolute atomic E-state index is 12.4. The zero-order valence-corrected chi connectivity index (χ0v) is 16.1. The van der Waals surface area contributed by atoms with E-state index in [2.05, 4.69) is 5.32 Å². The number of imide groups is 1. The van der Waals surface area contributed by atoms with Gasteiger partial charge in [0.25, 0.3) is 5.91 Å². The number of likely N-dealkylation sites (tertiary alicyclic amines) is 1. The average Bonchev–Trinajstić information content (AvgIpc) is 2.92. The Kier molecular flexibility index (Phi) is 6.14. The molecule has 0 unspecified atom stereocenters. The van der Waals surface area contributed by atoms with E-state index in [1.807, 2.05) is 12.2 Å². The van der Waals surface area contributed by atoms with Crippen molar-refractivity contribution in [3.05, 3.63) is 41.4 Å². The molecule has 1 saturated heterocycles. The predicted molar refractivity (Wildman–Crippen MR) is 102 cm³/mol. The quantitative estimate of drug-likeness (QED) is 0.447. The lowest BCUT2D eigenvalue weighted by Gasteiger charge is -2.16. The summed E-state index contributed by atoms with van der Waals surface area (Å²) in [6.07, 6.45) is 3.76. The number of anilines is 1. The summed E-state index contributed by atoms with van der Waals surface area (Å²) >= 11 is 5.79. The number of esters is 1. The monoisotopic (exact) mass is 404 g/mol. The third-order valence-electron chi connectivity index (χ3n) is 4.93. The summed E-state index contributed by atoms with van der Waals surface area (Å²) in [4.78, 5) is 50.1. The molecule has 0 spiro atoms. The normalized spacial score (nSPS) is 22.0. The van der Waals surface area contributed by atoms with Crippen LogP contribution in [0.1, 0.15) is 26.2 Å². The number of benzene rings is 1. The van der Waals surface area contributed by atoms with E-state index in [9.17, 15) is 19.2 Å². The standard InChI is InChI=1S/C20H21ClN2O5/c1-12(18(25)22-14-8-6-13(21)7-9-14)28-17(24)10-11-23-19(26)15-4-2-3-5-16(15)20(23)27/h2-3,6-9,12,15-16H,4-5,10-11H2,1H3,(H,22,25)/t12-,15-,16+/m1/s1. The van der Waals surface area contributed by atoms with Crippen molar-refractivity contribution in [1.29, 1.82) is 0 Å². The second-order valence-electron chi connectivity index (χ2n) is 6.86. The van der Waals surface area contributed by atoms with Gasteiger partial charge in [0.1, 0.15) is 0 Å². The van der Waals surface area contributed by atoms with Gasteiger partial charge in [-0.3, -0.25) is 24.1 Å². The number of carbonyl (C=O) groups excluding carboxylic acids is 4. The lowest BCUT2D eigenvalue weighted by atomic mass is 9.85. The molecule has 8 heteroatoms. The number of amides is 3. The summed E-state index contributed by atoms with van der Waals surface area (Å²) in [5.74, 6) is -2.25. The van der Waals surface area contributed by atoms with E-state index in [0.29, 0.717) is 23.6 Å². The van der Waals surface area contributed by atoms with Crippen LogP contribution in [0.4, 0.5) is 5.69 Å². The van der Waals surface area contributed by atoms with Crippen LogP contribution in [0.15, 0.2) is 36.4 Å². The number of hydrogen-bond donors (Lipinski definition) is 1. The number of hydrogen-bond acceptors (Lipinski definition) is 5. The molecule has 2 aliphatic rings. The zero-order chi connectivity index (χ0) is 20.3. The van der Waals surface area contributed by atoms with Crippen LogP contribution >= 0.6 is 11.6 Å². The highest BCUT2D eigenvalue weighted by molar-refractivity contribution is 6.30. The highest BCUT2D eigenvalue weighted by Crippen LogP contribution is 2.35. The molecule has 1 aromatic rings. The Morgan fingerprint density at radius 3 is 2.29 bits per heavy atom. The lowest BCUT2D eigenvalue weighted by Crippen LogP contribution is -2.35. The molecule has 1 aliphatic heterocycles. The molecule has 1 fully saturated rings. The van der Waals surface area contributed by atoms with Gasteiger partial charge in [0.05, 0.1) is 18.3 Å². The first kappa shape index (κ1) is 20.1. The van der Waals surface area contributed by atoms with E-state index in [4.69, 9.17) is 16.3 Å². The first-order chi connectivity index (χ1) is 13.4. The van der Waals surface area contributed by atoms with Crippen LogP contribution < -0.4 is 5.32 Å². The molecular weight excluding hydrogens is 384 g/mol. The van der Waals surface area contributed by atoms with E-state index in [1.165, 1.54) is 6.92 Å². The van der Waals surface area contributed by atoms with Gasteiger partial charge in [-0.15, -0.1) is 0 Å². The van der Waals surface area contributed by atoms with Crippen molar-refractivity contribution >= 4 is 41.0 Å². The number of carbonyl (C=O) groups is 4. The number of nitrogens with zero attached hydrogens (tertiary/aromatic N) is 1. The second kappa shape index (κ2) is 8.56. The number of nitrogens with one attached hydrogen (secondary N) is 1. The summed E-state index contributed by atoms with van der Waals surface area (Å²) in [6, 6.07) is 6.53. The van der Waals surface area contributed by atoms with Gasteiger partial charge >= 0.3 is 5.97 Å². The highest BCUT2D eigenvalue weighted by atomic mass is 35.5. The summed E-state index contributed by atoms with van der Waals surface area (Å²) in [7, 11) is 0. The molecular formula is C20H21ClN2O5. The van der Waals surface area contributed by atoms with Crippen LogP contribution in [-0.2, 0) is 23.9 Å². The average molecular weight is 405 g/mol.